The first-order valence-corrected chi connectivity index (χ1v) is 8.92. The molecule has 0 fully saturated rings. The van der Waals surface area contributed by atoms with Crippen LogP contribution in [0.1, 0.15) is 18.5 Å². The van der Waals surface area contributed by atoms with Gasteiger partial charge in [0, 0.05) is 23.0 Å². The van der Waals surface area contributed by atoms with Crippen molar-refractivity contribution in [3.8, 4) is 17.2 Å². The molecule has 0 bridgehead atoms. The van der Waals surface area contributed by atoms with Gasteiger partial charge in [-0.2, -0.15) is 0 Å². The minimum atomic E-state index is -0.723. The van der Waals surface area contributed by atoms with E-state index in [9.17, 15) is 9.59 Å². The summed E-state index contributed by atoms with van der Waals surface area (Å²) in [5.41, 5.74) is 1.99. The maximum atomic E-state index is 13.1. The van der Waals surface area contributed by atoms with Gasteiger partial charge >= 0.3 is 6.03 Å². The summed E-state index contributed by atoms with van der Waals surface area (Å²) in [6, 6.07) is 11.1. The first-order valence-electron chi connectivity index (χ1n) is 8.92. The molecule has 3 rings (SSSR count). The van der Waals surface area contributed by atoms with E-state index in [0.29, 0.717) is 39.8 Å². The molecule has 0 saturated carbocycles. The number of hydrogen-bond acceptors (Lipinski definition) is 5. The Labute approximate surface area is 168 Å². The molecule has 0 spiro atoms. The predicted molar refractivity (Wildman–Crippen MR) is 108 cm³/mol. The summed E-state index contributed by atoms with van der Waals surface area (Å²) in [6.45, 7) is 1.68. The first-order chi connectivity index (χ1) is 14.0. The number of carbonyl (C=O) groups excluding carboxylic acids is 2. The molecule has 29 heavy (non-hydrogen) atoms. The fraction of sp³-hybridized carbons (Fsp3) is 0.238. The number of hydrogen-bond donors (Lipinski definition) is 3. The van der Waals surface area contributed by atoms with Gasteiger partial charge in [-0.05, 0) is 37.3 Å². The lowest BCUT2D eigenvalue weighted by molar-refractivity contribution is -0.113. The van der Waals surface area contributed by atoms with Crippen LogP contribution in [0, 0.1) is 0 Å². The molecule has 8 heteroatoms. The van der Waals surface area contributed by atoms with Gasteiger partial charge in [0.05, 0.1) is 32.9 Å². The van der Waals surface area contributed by atoms with Crippen molar-refractivity contribution in [3.63, 3.8) is 0 Å². The maximum Gasteiger partial charge on any atom is 0.319 e. The smallest absolute Gasteiger partial charge is 0.319 e. The van der Waals surface area contributed by atoms with Crippen LogP contribution in [0.15, 0.2) is 53.7 Å². The monoisotopic (exact) mass is 397 g/mol. The van der Waals surface area contributed by atoms with Crippen LogP contribution in [0.4, 0.5) is 10.5 Å². The van der Waals surface area contributed by atoms with Gasteiger partial charge < -0.3 is 30.2 Å². The largest absolute Gasteiger partial charge is 0.497 e. The fourth-order valence-electron chi connectivity index (χ4n) is 3.19. The number of rotatable bonds is 6. The van der Waals surface area contributed by atoms with E-state index in [1.165, 1.54) is 7.11 Å². The van der Waals surface area contributed by atoms with Crippen LogP contribution >= 0.6 is 0 Å². The highest BCUT2D eigenvalue weighted by Gasteiger charge is 2.33. The number of ether oxygens (including phenoxy) is 3. The summed E-state index contributed by atoms with van der Waals surface area (Å²) in [5.74, 6) is 1.36. The Hall–Kier alpha value is -3.68. The molecule has 0 aromatic heterocycles. The molecule has 1 unspecified atom stereocenters. The Morgan fingerprint density at radius 2 is 1.72 bits per heavy atom. The Kier molecular flexibility index (Phi) is 5.92. The third kappa shape index (κ3) is 4.26. The lowest BCUT2D eigenvalue weighted by Gasteiger charge is -2.29. The first kappa shape index (κ1) is 20.1. The van der Waals surface area contributed by atoms with Gasteiger partial charge in [0.15, 0.2) is 0 Å². The molecule has 1 heterocycles. The zero-order chi connectivity index (χ0) is 21.0. The molecule has 0 aliphatic carbocycles. The van der Waals surface area contributed by atoms with E-state index < -0.39 is 12.1 Å². The van der Waals surface area contributed by atoms with Crippen LogP contribution in [0.3, 0.4) is 0 Å². The van der Waals surface area contributed by atoms with E-state index in [2.05, 4.69) is 16.0 Å². The minimum Gasteiger partial charge on any atom is -0.497 e. The number of urea groups is 1. The van der Waals surface area contributed by atoms with Crippen LogP contribution in [-0.4, -0.2) is 33.3 Å². The van der Waals surface area contributed by atoms with Gasteiger partial charge in [-0.25, -0.2) is 4.79 Å². The number of benzene rings is 2. The summed E-state index contributed by atoms with van der Waals surface area (Å²) in [6.07, 6.45) is 0. The summed E-state index contributed by atoms with van der Waals surface area (Å²) < 4.78 is 15.9. The van der Waals surface area contributed by atoms with Crippen molar-refractivity contribution in [1.29, 1.82) is 0 Å². The molecule has 152 valence electrons. The average Bonchev–Trinajstić information content (AvgIpc) is 2.72. The molecular weight excluding hydrogens is 374 g/mol. The van der Waals surface area contributed by atoms with Gasteiger partial charge in [-0.3, -0.25) is 4.79 Å². The van der Waals surface area contributed by atoms with Crippen LogP contribution in [0.2, 0.25) is 0 Å². The Morgan fingerprint density at radius 3 is 2.41 bits per heavy atom. The fourth-order valence-corrected chi connectivity index (χ4v) is 3.19. The molecule has 2 aromatic rings. The standard InChI is InChI=1S/C21H23N3O5/c1-12-18(20(25)23-13-6-5-7-14(10-13)27-2)19(24-21(26)22-12)16-11-15(28-3)8-9-17(16)29-4/h5-11,19H,1-4H3,(H,23,25)(H2,22,24,26). The summed E-state index contributed by atoms with van der Waals surface area (Å²) in [5, 5.41) is 8.31. The quantitative estimate of drug-likeness (QED) is 0.696. The van der Waals surface area contributed by atoms with E-state index >= 15 is 0 Å². The van der Waals surface area contributed by atoms with Crippen molar-refractivity contribution in [3.05, 3.63) is 59.3 Å². The number of anilines is 1. The number of methoxy groups -OCH3 is 3. The number of carbonyl (C=O) groups is 2. The lowest BCUT2D eigenvalue weighted by Crippen LogP contribution is -2.46. The molecule has 1 aliphatic rings. The third-order valence-corrected chi connectivity index (χ3v) is 4.59. The highest BCUT2D eigenvalue weighted by atomic mass is 16.5. The van der Waals surface area contributed by atoms with Gasteiger partial charge in [0.2, 0.25) is 0 Å². The van der Waals surface area contributed by atoms with Gasteiger partial charge in [0.1, 0.15) is 17.2 Å². The molecule has 2 aromatic carbocycles. The highest BCUT2D eigenvalue weighted by molar-refractivity contribution is 6.07. The molecule has 8 nitrogen and oxygen atoms in total. The highest BCUT2D eigenvalue weighted by Crippen LogP contribution is 2.36. The van der Waals surface area contributed by atoms with Gasteiger partial charge in [-0.15, -0.1) is 0 Å². The van der Waals surface area contributed by atoms with Crippen molar-refractivity contribution in [2.45, 2.75) is 13.0 Å². The van der Waals surface area contributed by atoms with Crippen molar-refractivity contribution in [2.24, 2.45) is 0 Å². The average molecular weight is 397 g/mol. The molecule has 1 atom stereocenters. The number of allylic oxidation sites excluding steroid dienone is 1. The SMILES string of the molecule is COc1cccc(NC(=O)C2=C(C)NC(=O)NC2c2cc(OC)ccc2OC)c1. The molecule has 0 radical (unpaired) electrons. The van der Waals surface area contributed by atoms with E-state index in [4.69, 9.17) is 14.2 Å². The third-order valence-electron chi connectivity index (χ3n) is 4.59. The van der Waals surface area contributed by atoms with Crippen LogP contribution < -0.4 is 30.2 Å². The summed E-state index contributed by atoms with van der Waals surface area (Å²) in [4.78, 5) is 25.3. The second-order valence-corrected chi connectivity index (χ2v) is 6.36. The van der Waals surface area contributed by atoms with Gasteiger partial charge in [-0.1, -0.05) is 6.07 Å². The van der Waals surface area contributed by atoms with E-state index in [1.807, 2.05) is 0 Å². The molecular formula is C21H23N3O5. The lowest BCUT2D eigenvalue weighted by atomic mass is 9.93. The Balaban J connectivity index is 2.01. The predicted octanol–water partition coefficient (Wildman–Crippen LogP) is 2.98. The van der Waals surface area contributed by atoms with Gasteiger partial charge in [0.25, 0.3) is 5.91 Å². The Morgan fingerprint density at radius 1 is 1.00 bits per heavy atom. The molecule has 3 N–H and O–H groups in total. The number of amides is 3. The van der Waals surface area contributed by atoms with Crippen molar-refractivity contribution >= 4 is 17.6 Å². The Bertz CT molecular complexity index is 971. The second kappa shape index (κ2) is 8.55. The van der Waals surface area contributed by atoms with Crippen molar-refractivity contribution in [2.75, 3.05) is 26.6 Å². The molecule has 0 saturated heterocycles. The maximum absolute atomic E-state index is 13.1. The summed E-state index contributed by atoms with van der Waals surface area (Å²) >= 11 is 0. The normalized spacial score (nSPS) is 15.9. The van der Waals surface area contributed by atoms with Crippen molar-refractivity contribution < 1.29 is 23.8 Å². The zero-order valence-corrected chi connectivity index (χ0v) is 16.7. The van der Waals surface area contributed by atoms with E-state index in [1.54, 1.807) is 63.6 Å². The van der Waals surface area contributed by atoms with E-state index in [0.717, 1.165) is 0 Å². The topological polar surface area (TPSA) is 97.9 Å². The van der Waals surface area contributed by atoms with E-state index in [-0.39, 0.29) is 5.91 Å². The zero-order valence-electron chi connectivity index (χ0n) is 16.7. The second-order valence-electron chi connectivity index (χ2n) is 6.36. The van der Waals surface area contributed by atoms with Crippen LogP contribution in [-0.2, 0) is 4.79 Å². The molecule has 3 amide bonds. The van der Waals surface area contributed by atoms with Crippen LogP contribution in [0.5, 0.6) is 17.2 Å². The van der Waals surface area contributed by atoms with Crippen LogP contribution in [0.25, 0.3) is 0 Å². The molecule has 1 aliphatic heterocycles. The number of nitrogens with one attached hydrogen (secondary N) is 3. The summed E-state index contributed by atoms with van der Waals surface area (Å²) in [7, 11) is 4.63. The minimum absolute atomic E-state index is 0.360. The van der Waals surface area contributed by atoms with Crippen molar-refractivity contribution in [1.82, 2.24) is 10.6 Å².